The third-order valence-electron chi connectivity index (χ3n) is 3.43. The van der Waals surface area contributed by atoms with E-state index in [1.165, 1.54) is 12.4 Å². The maximum Gasteiger partial charge on any atom is 0.420 e. The molecule has 0 unspecified atom stereocenters. The third kappa shape index (κ3) is 6.94. The van der Waals surface area contributed by atoms with Gasteiger partial charge in [-0.1, -0.05) is 25.7 Å². The van der Waals surface area contributed by atoms with E-state index >= 15 is 0 Å². The lowest BCUT2D eigenvalue weighted by molar-refractivity contribution is -0.138. The first kappa shape index (κ1) is 20.5. The van der Waals surface area contributed by atoms with Gasteiger partial charge in [0.15, 0.2) is 0 Å². The van der Waals surface area contributed by atoms with Gasteiger partial charge in [0, 0.05) is 14.6 Å². The van der Waals surface area contributed by atoms with Crippen LogP contribution in [0.15, 0.2) is 17.1 Å². The third-order valence-corrected chi connectivity index (χ3v) is 5.28. The Hall–Kier alpha value is -1.50. The van der Waals surface area contributed by atoms with Crippen molar-refractivity contribution in [3.63, 3.8) is 0 Å². The van der Waals surface area contributed by atoms with Crippen LogP contribution >= 0.6 is 0 Å². The molecule has 0 saturated heterocycles. The average Bonchev–Trinajstić information content (AvgIpc) is 2.43. The predicted octanol–water partition coefficient (Wildman–Crippen LogP) is 5.39. The second-order valence-corrected chi connectivity index (χ2v) is 12.6. The van der Waals surface area contributed by atoms with Gasteiger partial charge in [0.25, 0.3) is 0 Å². The van der Waals surface area contributed by atoms with E-state index in [0.717, 1.165) is 18.5 Å². The Bertz CT molecular complexity index is 566. The lowest BCUT2D eigenvalue weighted by Crippen LogP contribution is -2.20. The van der Waals surface area contributed by atoms with E-state index in [0.29, 0.717) is 18.7 Å². The molecule has 1 rings (SSSR count). The Morgan fingerprint density at radius 2 is 1.92 bits per heavy atom. The molecule has 0 aliphatic heterocycles. The predicted molar refractivity (Wildman–Crippen MR) is 96.3 cm³/mol. The summed E-state index contributed by atoms with van der Waals surface area (Å²) in [6, 6.07) is 3.51. The van der Waals surface area contributed by atoms with Crippen molar-refractivity contribution in [1.29, 1.82) is 0 Å². The number of halogens is 3. The lowest BCUT2D eigenvalue weighted by atomic mass is 10.1. The number of hydrogen-bond donors (Lipinski definition) is 1. The molecule has 1 aromatic rings. The fourth-order valence-corrected chi connectivity index (χ4v) is 3.35. The van der Waals surface area contributed by atoms with E-state index in [9.17, 15) is 13.2 Å². The molecular weight excluding hydrogens is 333 g/mol. The van der Waals surface area contributed by atoms with Gasteiger partial charge in [0.2, 0.25) is 0 Å². The van der Waals surface area contributed by atoms with Gasteiger partial charge < -0.3 is 10.1 Å². The molecule has 0 atom stereocenters. The number of aliphatic imine (C=N–C) groups is 1. The topological polar surface area (TPSA) is 33.6 Å². The Balaban J connectivity index is 2.96. The standard InChI is InChI=1S/C17H27F3N2OSi/c1-6-21-12-22-15-11-14(17(18,19)20)16(10-13(15)2)23-8-7-9-24(3,4)5/h10-12H,6-9H2,1-5H3,(H,21,22). The number of aryl methyl sites for hydroxylation is 1. The van der Waals surface area contributed by atoms with Crippen molar-refractivity contribution in [2.75, 3.05) is 13.2 Å². The number of alkyl halides is 3. The minimum atomic E-state index is -4.47. The molecule has 0 radical (unpaired) electrons. The minimum Gasteiger partial charge on any atom is -0.493 e. The van der Waals surface area contributed by atoms with Gasteiger partial charge in [-0.2, -0.15) is 13.2 Å². The molecule has 136 valence electrons. The molecule has 0 spiro atoms. The SMILES string of the molecule is CCNC=Nc1cc(C(F)(F)F)c(OCCC[Si](C)(C)C)cc1C. The summed E-state index contributed by atoms with van der Waals surface area (Å²) in [4.78, 5) is 4.05. The van der Waals surface area contributed by atoms with Crippen molar-refractivity contribution >= 4 is 20.1 Å². The summed E-state index contributed by atoms with van der Waals surface area (Å²) in [6.45, 7) is 11.3. The Labute approximate surface area is 143 Å². The van der Waals surface area contributed by atoms with E-state index in [4.69, 9.17) is 4.74 Å². The van der Waals surface area contributed by atoms with Crippen molar-refractivity contribution in [2.24, 2.45) is 4.99 Å². The quantitative estimate of drug-likeness (QED) is 0.292. The maximum absolute atomic E-state index is 13.3. The highest BCUT2D eigenvalue weighted by Crippen LogP contribution is 2.40. The van der Waals surface area contributed by atoms with Crippen molar-refractivity contribution in [3.05, 3.63) is 23.3 Å². The van der Waals surface area contributed by atoms with Crippen LogP contribution in [-0.4, -0.2) is 27.6 Å². The van der Waals surface area contributed by atoms with Crippen molar-refractivity contribution < 1.29 is 17.9 Å². The van der Waals surface area contributed by atoms with Crippen LogP contribution < -0.4 is 10.1 Å². The molecule has 0 aromatic heterocycles. The molecule has 24 heavy (non-hydrogen) atoms. The summed E-state index contributed by atoms with van der Waals surface area (Å²) in [5, 5.41) is 2.85. The molecule has 3 nitrogen and oxygen atoms in total. The summed E-state index contributed by atoms with van der Waals surface area (Å²) in [5.41, 5.74) is 0.167. The number of ether oxygens (including phenoxy) is 1. The maximum atomic E-state index is 13.3. The van der Waals surface area contributed by atoms with Crippen LogP contribution in [0.5, 0.6) is 5.75 Å². The first-order valence-electron chi connectivity index (χ1n) is 8.15. The molecule has 0 aliphatic rings. The van der Waals surface area contributed by atoms with Crippen LogP contribution in [0.3, 0.4) is 0 Å². The van der Waals surface area contributed by atoms with Gasteiger partial charge in [-0.05, 0) is 38.0 Å². The van der Waals surface area contributed by atoms with Gasteiger partial charge in [-0.25, -0.2) is 4.99 Å². The highest BCUT2D eigenvalue weighted by atomic mass is 28.3. The summed E-state index contributed by atoms with van der Waals surface area (Å²) in [7, 11) is -1.21. The summed E-state index contributed by atoms with van der Waals surface area (Å²) in [6.07, 6.45) is -2.28. The lowest BCUT2D eigenvalue weighted by Gasteiger charge is -2.18. The normalized spacial score (nSPS) is 12.7. The molecule has 0 aliphatic carbocycles. The number of nitrogens with one attached hydrogen (secondary N) is 1. The van der Waals surface area contributed by atoms with E-state index < -0.39 is 19.8 Å². The second kappa shape index (κ2) is 8.55. The number of benzene rings is 1. The molecule has 7 heteroatoms. The molecule has 0 saturated carbocycles. The van der Waals surface area contributed by atoms with Gasteiger partial charge in [0.05, 0.1) is 24.2 Å². The van der Waals surface area contributed by atoms with Crippen LogP contribution in [0.25, 0.3) is 0 Å². The average molecular weight is 360 g/mol. The van der Waals surface area contributed by atoms with E-state index in [1.807, 2.05) is 6.92 Å². The van der Waals surface area contributed by atoms with Crippen LogP contribution in [0.1, 0.15) is 24.5 Å². The van der Waals surface area contributed by atoms with Crippen molar-refractivity contribution in [1.82, 2.24) is 5.32 Å². The number of hydrogen-bond acceptors (Lipinski definition) is 2. The minimum absolute atomic E-state index is 0.113. The highest BCUT2D eigenvalue weighted by Gasteiger charge is 2.35. The molecule has 0 heterocycles. The molecule has 0 amide bonds. The fourth-order valence-electron chi connectivity index (χ4n) is 2.14. The zero-order valence-electron chi connectivity index (χ0n) is 15.0. The Kier molecular flexibility index (Phi) is 7.32. The van der Waals surface area contributed by atoms with Gasteiger partial charge >= 0.3 is 6.18 Å². The van der Waals surface area contributed by atoms with Crippen molar-refractivity contribution in [2.45, 2.75) is 52.1 Å². The van der Waals surface area contributed by atoms with Crippen LogP contribution in [-0.2, 0) is 6.18 Å². The number of nitrogens with zero attached hydrogens (tertiary/aromatic N) is 1. The summed E-state index contributed by atoms with van der Waals surface area (Å²) < 4.78 is 45.4. The molecule has 1 aromatic carbocycles. The molecule has 0 fully saturated rings. The van der Waals surface area contributed by atoms with Crippen LogP contribution in [0.2, 0.25) is 25.7 Å². The van der Waals surface area contributed by atoms with Crippen molar-refractivity contribution in [3.8, 4) is 5.75 Å². The summed E-state index contributed by atoms with van der Waals surface area (Å²) >= 11 is 0. The zero-order chi connectivity index (χ0) is 18.4. The van der Waals surface area contributed by atoms with Gasteiger partial charge in [0.1, 0.15) is 5.75 Å². The first-order chi connectivity index (χ1) is 11.0. The molecule has 1 N–H and O–H groups in total. The highest BCUT2D eigenvalue weighted by molar-refractivity contribution is 6.76. The molecule has 0 bridgehead atoms. The largest absolute Gasteiger partial charge is 0.493 e. The summed E-state index contributed by atoms with van der Waals surface area (Å²) in [5.74, 6) is -0.113. The van der Waals surface area contributed by atoms with E-state index in [2.05, 4.69) is 30.0 Å². The van der Waals surface area contributed by atoms with Crippen LogP contribution in [0, 0.1) is 6.92 Å². The first-order valence-corrected chi connectivity index (χ1v) is 11.9. The van der Waals surface area contributed by atoms with Gasteiger partial charge in [-0.15, -0.1) is 0 Å². The van der Waals surface area contributed by atoms with E-state index in [-0.39, 0.29) is 11.4 Å². The fraction of sp³-hybridized carbons (Fsp3) is 0.588. The number of rotatable bonds is 8. The monoisotopic (exact) mass is 360 g/mol. The smallest absolute Gasteiger partial charge is 0.420 e. The second-order valence-electron chi connectivity index (χ2n) is 6.96. The van der Waals surface area contributed by atoms with Crippen LogP contribution in [0.4, 0.5) is 18.9 Å². The Morgan fingerprint density at radius 1 is 1.25 bits per heavy atom. The van der Waals surface area contributed by atoms with Gasteiger partial charge in [-0.3, -0.25) is 0 Å². The zero-order valence-corrected chi connectivity index (χ0v) is 16.0. The van der Waals surface area contributed by atoms with E-state index in [1.54, 1.807) is 6.92 Å². The molecular formula is C17H27F3N2OSi. The Morgan fingerprint density at radius 3 is 2.46 bits per heavy atom.